The SMILES string of the molecule is Cc1cc(Nc2nc(C3=CCCCC3)cn3c(-c4cnn(C)c4)cnc23)sn1.Cc1cc(Nc2nc(C3CCCCC3)cn3c(-c4cnn(C)c4)cnc23)sn1.Cc1cc(Nc2nccn3c(-c4cnn(C)c4)cnc23)sn1.Cn1cc(-c2cnc3c(Nc4cc(C5CCNCC5)ns4)nccn23)cn1.Cn1cc(-c2cnc3c(Nc4ccc5c(c4)CC(N)C5)nccn23)cn1. The van der Waals surface area contributed by atoms with Crippen molar-refractivity contribution in [2.24, 2.45) is 41.0 Å². The summed E-state index contributed by atoms with van der Waals surface area (Å²) in [5.41, 5.74) is 31.4. The molecule has 0 bridgehead atoms. The summed E-state index contributed by atoms with van der Waals surface area (Å²) < 4.78 is 36.9. The number of rotatable bonds is 18. The molecule has 20 aromatic rings. The van der Waals surface area contributed by atoms with E-state index in [1.807, 2.05) is 204 Å². The van der Waals surface area contributed by atoms with Crippen LogP contribution in [0, 0.1) is 20.8 Å². The first kappa shape index (κ1) is 84.7. The minimum absolute atomic E-state index is 0.233. The van der Waals surface area contributed by atoms with Gasteiger partial charge in [0.1, 0.15) is 20.0 Å². The van der Waals surface area contributed by atoms with Crippen LogP contribution in [0.1, 0.15) is 128 Å². The van der Waals surface area contributed by atoms with E-state index in [0.717, 1.165) is 214 Å². The average molecular weight is 1820 g/mol. The van der Waals surface area contributed by atoms with Crippen LogP contribution in [0.25, 0.3) is 90.1 Å². The van der Waals surface area contributed by atoms with Crippen molar-refractivity contribution in [1.29, 1.82) is 0 Å². The van der Waals surface area contributed by atoms with Gasteiger partial charge < -0.3 is 37.6 Å². The third-order valence-electron chi connectivity index (χ3n) is 23.5. The first-order chi connectivity index (χ1) is 64.0. The number of aromatic nitrogens is 29. The van der Waals surface area contributed by atoms with Crippen molar-refractivity contribution in [3.8, 4) is 56.3 Å². The second kappa shape index (κ2) is 37.3. The number of hydrogen-bond donors (Lipinski definition) is 7. The second-order valence-corrected chi connectivity index (χ2v) is 36.5. The predicted molar refractivity (Wildman–Crippen MR) is 514 cm³/mol. The molecule has 2 fully saturated rings. The fourth-order valence-corrected chi connectivity index (χ4v) is 19.8. The third kappa shape index (κ3) is 18.7. The minimum Gasteiger partial charge on any atom is -0.337 e. The van der Waals surface area contributed by atoms with Crippen LogP contribution in [0.3, 0.4) is 0 Å². The quantitative estimate of drug-likeness (QED) is 0.0419. The highest BCUT2D eigenvalue weighted by molar-refractivity contribution is 7.11. The van der Waals surface area contributed by atoms with Gasteiger partial charge in [-0.2, -0.15) is 43.0 Å². The molecule has 20 heterocycles. The molecule has 1 atom stereocenters. The first-order valence-electron chi connectivity index (χ1n) is 43.6. The van der Waals surface area contributed by atoms with Crippen molar-refractivity contribution in [3.05, 3.63) is 236 Å². The van der Waals surface area contributed by atoms with E-state index in [-0.39, 0.29) is 6.04 Å². The molecule has 131 heavy (non-hydrogen) atoms. The lowest BCUT2D eigenvalue weighted by molar-refractivity contribution is 0.436. The summed E-state index contributed by atoms with van der Waals surface area (Å²) in [7, 11) is 9.56. The largest absolute Gasteiger partial charge is 0.337 e. The van der Waals surface area contributed by atoms with E-state index in [0.29, 0.717) is 17.7 Å². The predicted octanol–water partition coefficient (Wildman–Crippen LogP) is 17.0. The van der Waals surface area contributed by atoms with Gasteiger partial charge in [-0.15, -0.1) is 0 Å². The van der Waals surface area contributed by atoms with Crippen molar-refractivity contribution in [2.45, 2.75) is 122 Å². The second-order valence-electron chi connectivity index (χ2n) is 33.2. The summed E-state index contributed by atoms with van der Waals surface area (Å²) in [6.45, 7) is 8.09. The molecule has 1 aromatic carbocycles. The van der Waals surface area contributed by atoms with Crippen molar-refractivity contribution < 1.29 is 0 Å². The molecule has 40 heteroatoms. The Labute approximate surface area is 768 Å². The Hall–Kier alpha value is -14.5. The van der Waals surface area contributed by atoms with E-state index in [2.05, 4.69) is 166 Å². The Morgan fingerprint density at radius 2 is 0.779 bits per heavy atom. The molecular weight excluding hydrogens is 1730 g/mol. The van der Waals surface area contributed by atoms with E-state index < -0.39 is 0 Å². The minimum atomic E-state index is 0.233. The summed E-state index contributed by atoms with van der Waals surface area (Å²) in [4.78, 5) is 46.3. The summed E-state index contributed by atoms with van der Waals surface area (Å²) >= 11 is 5.77. The van der Waals surface area contributed by atoms with Crippen molar-refractivity contribution in [1.82, 2.24) is 144 Å². The molecule has 8 N–H and O–H groups in total. The average Bonchev–Trinajstić information content (AvgIpc) is 1.64. The van der Waals surface area contributed by atoms with Crippen molar-refractivity contribution in [2.75, 3.05) is 39.7 Å². The zero-order chi connectivity index (χ0) is 89.2. The van der Waals surface area contributed by atoms with Gasteiger partial charge in [0.15, 0.2) is 57.3 Å². The van der Waals surface area contributed by atoms with Gasteiger partial charge in [-0.05, 0) is 197 Å². The first-order valence-corrected chi connectivity index (χ1v) is 46.7. The molecule has 4 aliphatic rings. The van der Waals surface area contributed by atoms with Crippen LogP contribution < -0.4 is 37.6 Å². The number of anilines is 10. The highest BCUT2D eigenvalue weighted by atomic mass is 32.1. The molecule has 36 nitrogen and oxygen atoms in total. The van der Waals surface area contributed by atoms with Crippen LogP contribution in [0.15, 0.2) is 191 Å². The van der Waals surface area contributed by atoms with Gasteiger partial charge in [0, 0.05) is 167 Å². The summed E-state index contributed by atoms with van der Waals surface area (Å²) in [6, 6.07) is 14.8. The molecule has 24 rings (SSSR count). The van der Waals surface area contributed by atoms with Crippen LogP contribution in [0.5, 0.6) is 0 Å². The molecular formula is C91H96N36S4. The molecule has 664 valence electrons. The van der Waals surface area contributed by atoms with E-state index in [9.17, 15) is 0 Å². The number of fused-ring (bicyclic) bond motifs is 6. The molecule has 19 aromatic heterocycles. The van der Waals surface area contributed by atoms with E-state index in [1.54, 1.807) is 37.3 Å². The summed E-state index contributed by atoms with van der Waals surface area (Å²) in [6.07, 6.45) is 61.2. The van der Waals surface area contributed by atoms with Crippen LogP contribution in [0.2, 0.25) is 0 Å². The highest BCUT2D eigenvalue weighted by Crippen LogP contribution is 2.39. The summed E-state index contributed by atoms with van der Waals surface area (Å²) in [5.74, 6) is 4.76. The maximum Gasteiger partial charge on any atom is 0.181 e. The Balaban J connectivity index is 0.000000102. The number of hydrogen-bond acceptors (Lipinski definition) is 30. The monoisotopic (exact) mass is 1820 g/mol. The fourth-order valence-electron chi connectivity index (χ4n) is 17.1. The number of nitrogens with one attached hydrogen (secondary N) is 6. The number of allylic oxidation sites excluding steroid dienone is 2. The van der Waals surface area contributed by atoms with Crippen LogP contribution >= 0.6 is 46.1 Å². The van der Waals surface area contributed by atoms with Gasteiger partial charge in [-0.3, -0.25) is 45.4 Å². The summed E-state index contributed by atoms with van der Waals surface area (Å²) in [5, 5.41) is 45.6. The number of nitrogens with zero attached hydrogens (tertiary/aromatic N) is 29. The van der Waals surface area contributed by atoms with Gasteiger partial charge in [0.25, 0.3) is 0 Å². The van der Waals surface area contributed by atoms with Gasteiger partial charge in [-0.25, -0.2) is 49.8 Å². The zero-order valence-electron chi connectivity index (χ0n) is 73.4. The Morgan fingerprint density at radius 1 is 0.374 bits per heavy atom. The Kier molecular flexibility index (Phi) is 24.1. The maximum absolute atomic E-state index is 6.07. The molecule has 1 saturated carbocycles. The Bertz CT molecular complexity index is 7450. The smallest absolute Gasteiger partial charge is 0.181 e. The molecule has 1 saturated heterocycles. The van der Waals surface area contributed by atoms with Crippen LogP contribution in [0.4, 0.5) is 54.8 Å². The van der Waals surface area contributed by atoms with E-state index in [1.165, 1.54) is 113 Å². The molecule has 0 spiro atoms. The van der Waals surface area contributed by atoms with Gasteiger partial charge in [0.2, 0.25) is 0 Å². The van der Waals surface area contributed by atoms with E-state index >= 15 is 0 Å². The molecule has 0 radical (unpaired) electrons. The third-order valence-corrected chi connectivity index (χ3v) is 26.6. The number of imidazole rings is 5. The van der Waals surface area contributed by atoms with Gasteiger partial charge >= 0.3 is 0 Å². The lowest BCUT2D eigenvalue weighted by Crippen LogP contribution is -2.26. The number of piperidine rings is 1. The number of benzene rings is 1. The lowest BCUT2D eigenvalue weighted by Gasteiger charge is -2.22. The number of nitrogens with two attached hydrogens (primary N) is 1. The molecule has 0 amide bonds. The van der Waals surface area contributed by atoms with Crippen molar-refractivity contribution in [3.63, 3.8) is 0 Å². The number of aryl methyl sites for hydroxylation is 8. The molecule has 1 unspecified atom stereocenters. The van der Waals surface area contributed by atoms with Gasteiger partial charge in [0.05, 0.1) is 125 Å². The topological polar surface area (TPSA) is 390 Å². The van der Waals surface area contributed by atoms with Crippen molar-refractivity contribution >= 4 is 135 Å². The zero-order valence-corrected chi connectivity index (χ0v) is 76.7. The fraction of sp³-hybridized carbons (Fsp3) is 0.286. The normalized spacial score (nSPS) is 14.6. The molecule has 3 aliphatic carbocycles. The maximum atomic E-state index is 6.07. The van der Waals surface area contributed by atoms with Gasteiger partial charge in [-0.1, -0.05) is 31.4 Å². The van der Waals surface area contributed by atoms with Crippen LogP contribution in [-0.2, 0) is 48.1 Å². The lowest BCUT2D eigenvalue weighted by atomic mass is 9.87. The van der Waals surface area contributed by atoms with E-state index in [4.69, 9.17) is 15.7 Å². The molecule has 1 aliphatic heterocycles. The standard InChI is InChI=1S/C20H23N7S.C20H21N7S.C19H19N7.C18H20N8S.C14H13N7S/c2*1-13-8-18(28-25-13)24-19-20-21-10-17(15-9-22-26(2)11-15)27(20)12-16(23-19)14-6-4-3-5-7-14;1-25-11-14(9-23-25)17-10-22-19-18(21-4-5-26(17)19)24-16-3-2-12-6-15(20)7-13(12)8-16;1-25-11-13(9-22-25)15-10-21-18-17(20-6-7-26(15)18)23-16-8-14(24-27-16)12-2-4-19-5-3-12;1-9-5-12(22-19-9)18-13-14-16-7-11(21(14)4-3-15-13)10-6-17-20(2)8-10/h8-12,14H,3-7H2,1-2H3,(H,23,24);6,8-12H,3-5,7H2,1-2H3,(H,23,24);2-5,8-11,15H,6-7,20H2,1H3,(H,21,24);6-12,19H,2-5H2,1H3,(H,20,23);3-8H,1-2H3,(H,15,18). The van der Waals surface area contributed by atoms with Crippen LogP contribution in [-0.4, -0.2) is 157 Å². The highest BCUT2D eigenvalue weighted by Gasteiger charge is 2.26. The Morgan fingerprint density at radius 3 is 1.21 bits per heavy atom.